The minimum absolute atomic E-state index is 0.551. The second kappa shape index (κ2) is 17.3. The lowest BCUT2D eigenvalue weighted by Crippen LogP contribution is -2.00. The van der Waals surface area contributed by atoms with Crippen molar-refractivity contribution >= 4 is 10.8 Å². The first-order valence-corrected chi connectivity index (χ1v) is 21.1. The van der Waals surface area contributed by atoms with Crippen molar-refractivity contribution in [3.63, 3.8) is 0 Å². The highest BCUT2D eigenvalue weighted by molar-refractivity contribution is 5.98. The van der Waals surface area contributed by atoms with Crippen molar-refractivity contribution < 1.29 is 0 Å². The summed E-state index contributed by atoms with van der Waals surface area (Å²) in [4.78, 5) is 45.9. The van der Waals surface area contributed by atoms with Gasteiger partial charge in [0.15, 0.2) is 34.9 Å². The molecule has 0 aliphatic heterocycles. The molecule has 308 valence electrons. The Hall–Kier alpha value is -9.53. The van der Waals surface area contributed by atoms with Gasteiger partial charge in [0.1, 0.15) is 0 Å². The second-order valence-corrected chi connectivity index (χ2v) is 15.4. The maximum Gasteiger partial charge on any atom is 0.164 e. The molecule has 0 bridgehead atoms. The van der Waals surface area contributed by atoms with Crippen LogP contribution >= 0.6 is 0 Å². The van der Waals surface area contributed by atoms with Crippen molar-refractivity contribution in [1.82, 2.24) is 49.8 Å². The highest BCUT2D eigenvalue weighted by Crippen LogP contribution is 2.38. The van der Waals surface area contributed by atoms with E-state index in [1.54, 1.807) is 49.6 Å². The molecule has 0 saturated heterocycles. The van der Waals surface area contributed by atoms with E-state index >= 15 is 0 Å². The SMILES string of the molecule is N#Cc1ccc(-c2cc3ccc(-c4ccc(-c5nc(-c6ccncc6)nc(-c6ccncc6)n5)cc4)cc3cc2-c2ccc(-c3nc(-c4ccncc4)nc(-c4ccncc4)n3)cc2)cc1. The van der Waals surface area contributed by atoms with Crippen LogP contribution in [0.5, 0.6) is 0 Å². The van der Waals surface area contributed by atoms with Gasteiger partial charge in [0.25, 0.3) is 0 Å². The van der Waals surface area contributed by atoms with E-state index < -0.39 is 0 Å². The van der Waals surface area contributed by atoms with Crippen LogP contribution in [0.15, 0.2) is 201 Å². The molecule has 0 aliphatic rings. The Morgan fingerprint density at radius 3 is 0.909 bits per heavy atom. The van der Waals surface area contributed by atoms with Crippen molar-refractivity contribution in [2.45, 2.75) is 0 Å². The molecule has 0 spiro atoms. The number of rotatable bonds is 9. The van der Waals surface area contributed by atoms with E-state index in [4.69, 9.17) is 29.9 Å². The third-order valence-corrected chi connectivity index (χ3v) is 11.3. The second-order valence-electron chi connectivity index (χ2n) is 15.4. The summed E-state index contributed by atoms with van der Waals surface area (Å²) in [6.45, 7) is 0. The molecule has 6 aromatic heterocycles. The number of fused-ring (bicyclic) bond motifs is 1. The maximum absolute atomic E-state index is 9.58. The number of aromatic nitrogens is 10. The molecule has 0 aliphatic carbocycles. The lowest BCUT2D eigenvalue weighted by atomic mass is 9.90. The van der Waals surface area contributed by atoms with Gasteiger partial charge < -0.3 is 0 Å². The predicted octanol–water partition coefficient (Wildman–Crippen LogP) is 11.7. The standard InChI is InChI=1S/C55H33N11/c56-34-35-1-3-37(4-2-35)48-32-46-14-13-45(36-5-9-39(10-6-36)50-61-52(41-15-23-57-24-16-41)65-53(62-50)42-17-25-58-26-18-42)31-47(46)33-49(48)38-7-11-40(12-8-38)51-63-54(43-19-27-59-28-20-43)66-55(64-51)44-21-29-60-30-22-44/h1-33H. The Balaban J connectivity index is 0.965. The molecule has 0 unspecified atom stereocenters. The van der Waals surface area contributed by atoms with Crippen LogP contribution in [0.3, 0.4) is 0 Å². The molecule has 11 aromatic rings. The number of hydrogen-bond acceptors (Lipinski definition) is 11. The summed E-state index contributed by atoms with van der Waals surface area (Å²) in [7, 11) is 0. The molecule has 0 N–H and O–H groups in total. The van der Waals surface area contributed by atoms with Crippen LogP contribution in [0, 0.1) is 11.3 Å². The van der Waals surface area contributed by atoms with Crippen LogP contribution in [0.2, 0.25) is 0 Å². The largest absolute Gasteiger partial charge is 0.265 e. The Morgan fingerprint density at radius 2 is 0.545 bits per heavy atom. The molecule has 0 amide bonds. The summed E-state index contributed by atoms with van der Waals surface area (Å²) >= 11 is 0. The fourth-order valence-electron chi connectivity index (χ4n) is 7.82. The smallest absolute Gasteiger partial charge is 0.164 e. The molecule has 0 radical (unpaired) electrons. The van der Waals surface area contributed by atoms with E-state index in [0.717, 1.165) is 77.5 Å². The zero-order chi connectivity index (χ0) is 44.2. The van der Waals surface area contributed by atoms with Gasteiger partial charge in [0, 0.05) is 83.0 Å². The molecule has 11 rings (SSSR count). The van der Waals surface area contributed by atoms with Gasteiger partial charge in [-0.3, -0.25) is 19.9 Å². The van der Waals surface area contributed by atoms with Crippen LogP contribution in [-0.4, -0.2) is 49.8 Å². The number of nitrogens with zero attached hydrogens (tertiary/aromatic N) is 11. The van der Waals surface area contributed by atoms with Crippen molar-refractivity contribution in [3.05, 3.63) is 207 Å². The topological polar surface area (TPSA) is 153 Å². The first-order chi connectivity index (χ1) is 32.6. The fraction of sp³-hybridized carbons (Fsp3) is 0. The molecule has 0 saturated carbocycles. The Morgan fingerprint density at radius 1 is 0.258 bits per heavy atom. The molecular formula is C55H33N11. The molecule has 5 aromatic carbocycles. The summed E-state index contributed by atoms with van der Waals surface area (Å²) in [5.74, 6) is 3.35. The van der Waals surface area contributed by atoms with Gasteiger partial charge in [-0.05, 0) is 123 Å². The summed E-state index contributed by atoms with van der Waals surface area (Å²) in [5, 5.41) is 11.7. The lowest BCUT2D eigenvalue weighted by molar-refractivity contribution is 1.07. The third-order valence-electron chi connectivity index (χ3n) is 11.3. The highest BCUT2D eigenvalue weighted by atomic mass is 15.0. The first kappa shape index (κ1) is 39.3. The molecule has 11 nitrogen and oxygen atoms in total. The molecule has 66 heavy (non-hydrogen) atoms. The zero-order valence-electron chi connectivity index (χ0n) is 35.0. The van der Waals surface area contributed by atoms with Crippen molar-refractivity contribution in [2.24, 2.45) is 0 Å². The zero-order valence-corrected chi connectivity index (χ0v) is 35.0. The van der Waals surface area contributed by atoms with Crippen LogP contribution < -0.4 is 0 Å². The molecular weight excluding hydrogens is 815 g/mol. The average Bonchev–Trinajstić information content (AvgIpc) is 3.41. The van der Waals surface area contributed by atoms with Gasteiger partial charge >= 0.3 is 0 Å². The molecule has 6 heterocycles. The Bertz CT molecular complexity index is 3430. The average molecular weight is 848 g/mol. The lowest BCUT2D eigenvalue weighted by Gasteiger charge is -2.15. The highest BCUT2D eigenvalue weighted by Gasteiger charge is 2.16. The van der Waals surface area contributed by atoms with Gasteiger partial charge in [0.05, 0.1) is 11.6 Å². The maximum atomic E-state index is 9.58. The number of hydrogen-bond donors (Lipinski definition) is 0. The summed E-state index contributed by atoms with van der Waals surface area (Å²) in [6, 6.07) is 52.7. The van der Waals surface area contributed by atoms with Gasteiger partial charge in [-0.15, -0.1) is 0 Å². The van der Waals surface area contributed by atoms with Crippen LogP contribution in [0.1, 0.15) is 5.56 Å². The molecule has 0 atom stereocenters. The van der Waals surface area contributed by atoms with Crippen LogP contribution in [0.4, 0.5) is 0 Å². The molecule has 0 fully saturated rings. The predicted molar refractivity (Wildman–Crippen MR) is 256 cm³/mol. The van der Waals surface area contributed by atoms with E-state index in [9.17, 15) is 5.26 Å². The van der Waals surface area contributed by atoms with Crippen LogP contribution in [0.25, 0.3) is 112 Å². The monoisotopic (exact) mass is 847 g/mol. The van der Waals surface area contributed by atoms with E-state index in [1.165, 1.54) is 0 Å². The summed E-state index contributed by atoms with van der Waals surface area (Å²) < 4.78 is 0. The van der Waals surface area contributed by atoms with E-state index in [2.05, 4.69) is 105 Å². The first-order valence-electron chi connectivity index (χ1n) is 21.1. The van der Waals surface area contributed by atoms with Crippen molar-refractivity contribution in [1.29, 1.82) is 5.26 Å². The number of pyridine rings is 4. The summed E-state index contributed by atoms with van der Waals surface area (Å²) in [6.07, 6.45) is 13.8. The van der Waals surface area contributed by atoms with Crippen molar-refractivity contribution in [2.75, 3.05) is 0 Å². The van der Waals surface area contributed by atoms with Crippen molar-refractivity contribution in [3.8, 4) is 108 Å². The van der Waals surface area contributed by atoms with Gasteiger partial charge in [0.2, 0.25) is 0 Å². The Labute approximate surface area is 379 Å². The van der Waals surface area contributed by atoms with Gasteiger partial charge in [-0.1, -0.05) is 72.8 Å². The van der Waals surface area contributed by atoms with E-state index in [1.807, 2.05) is 72.8 Å². The fourth-order valence-corrected chi connectivity index (χ4v) is 7.82. The molecule has 11 heteroatoms. The van der Waals surface area contributed by atoms with Gasteiger partial charge in [-0.25, -0.2) is 29.9 Å². The number of nitriles is 1. The van der Waals surface area contributed by atoms with Crippen LogP contribution in [-0.2, 0) is 0 Å². The van der Waals surface area contributed by atoms with E-state index in [-0.39, 0.29) is 0 Å². The minimum atomic E-state index is 0.551. The minimum Gasteiger partial charge on any atom is -0.265 e. The quantitative estimate of drug-likeness (QED) is 0.136. The third kappa shape index (κ3) is 8.01. The Kier molecular flexibility index (Phi) is 10.3. The summed E-state index contributed by atoms with van der Waals surface area (Å²) in [5.41, 5.74) is 11.9. The number of benzene rings is 5. The normalized spacial score (nSPS) is 11.0. The van der Waals surface area contributed by atoms with E-state index in [0.29, 0.717) is 40.5 Å². The van der Waals surface area contributed by atoms with Gasteiger partial charge in [-0.2, -0.15) is 5.26 Å².